The van der Waals surface area contributed by atoms with Crippen LogP contribution in [0.3, 0.4) is 0 Å². The van der Waals surface area contributed by atoms with Gasteiger partial charge in [0.2, 0.25) is 5.91 Å². The summed E-state index contributed by atoms with van der Waals surface area (Å²) in [5.41, 5.74) is 3.58. The van der Waals surface area contributed by atoms with Gasteiger partial charge >= 0.3 is 5.97 Å². The van der Waals surface area contributed by atoms with Gasteiger partial charge in [-0.2, -0.15) is 0 Å². The third-order valence-corrected chi connectivity index (χ3v) is 4.21. The highest BCUT2D eigenvalue weighted by molar-refractivity contribution is 5.93. The van der Waals surface area contributed by atoms with Crippen LogP contribution in [0.1, 0.15) is 37.3 Å². The number of nitrogens with one attached hydrogen (secondary N) is 2. The lowest BCUT2D eigenvalue weighted by molar-refractivity contribution is -0.147. The van der Waals surface area contributed by atoms with E-state index in [0.717, 1.165) is 17.7 Å². The summed E-state index contributed by atoms with van der Waals surface area (Å²) in [7, 11) is 0. The second-order valence-corrected chi connectivity index (χ2v) is 6.48. The largest absolute Gasteiger partial charge is 0.456 e. The fraction of sp³-hybridized carbons (Fsp3) is 0.318. The number of aryl methyl sites for hydroxylation is 2. The molecule has 2 rings (SSSR count). The SMILES string of the molecule is CCc1ccc(NC(=O)COC(=O)CCCC(=O)Nc2ccccc2C)cc1. The van der Waals surface area contributed by atoms with E-state index in [0.29, 0.717) is 12.1 Å². The van der Waals surface area contributed by atoms with Crippen molar-refractivity contribution in [3.05, 3.63) is 59.7 Å². The molecule has 0 saturated carbocycles. The van der Waals surface area contributed by atoms with E-state index in [9.17, 15) is 14.4 Å². The van der Waals surface area contributed by atoms with Crippen molar-refractivity contribution in [2.45, 2.75) is 39.5 Å². The molecule has 2 aromatic carbocycles. The molecule has 0 aromatic heterocycles. The zero-order valence-corrected chi connectivity index (χ0v) is 16.3. The number of hydrogen-bond donors (Lipinski definition) is 2. The van der Waals surface area contributed by atoms with Gasteiger partial charge in [-0.3, -0.25) is 14.4 Å². The minimum atomic E-state index is -0.500. The van der Waals surface area contributed by atoms with Crippen molar-refractivity contribution in [3.8, 4) is 0 Å². The molecular formula is C22H26N2O4. The van der Waals surface area contributed by atoms with E-state index in [2.05, 4.69) is 17.6 Å². The highest BCUT2D eigenvalue weighted by Gasteiger charge is 2.10. The molecule has 0 aliphatic rings. The summed E-state index contributed by atoms with van der Waals surface area (Å²) in [6, 6.07) is 15.0. The van der Waals surface area contributed by atoms with Gasteiger partial charge in [-0.15, -0.1) is 0 Å². The van der Waals surface area contributed by atoms with Crippen molar-refractivity contribution in [1.82, 2.24) is 0 Å². The molecule has 6 heteroatoms. The Labute approximate surface area is 165 Å². The Bertz CT molecular complexity index is 816. The number of para-hydroxylation sites is 1. The van der Waals surface area contributed by atoms with E-state index in [1.54, 1.807) is 0 Å². The van der Waals surface area contributed by atoms with Crippen LogP contribution in [0.5, 0.6) is 0 Å². The molecule has 148 valence electrons. The Morgan fingerprint density at radius 1 is 0.893 bits per heavy atom. The molecule has 2 aromatic rings. The first-order valence-electron chi connectivity index (χ1n) is 9.38. The Balaban J connectivity index is 1.63. The lowest BCUT2D eigenvalue weighted by Crippen LogP contribution is -2.21. The summed E-state index contributed by atoms with van der Waals surface area (Å²) in [6.45, 7) is 3.62. The van der Waals surface area contributed by atoms with Gasteiger partial charge in [0.05, 0.1) is 0 Å². The van der Waals surface area contributed by atoms with Crippen molar-refractivity contribution in [2.24, 2.45) is 0 Å². The topological polar surface area (TPSA) is 84.5 Å². The van der Waals surface area contributed by atoms with Crippen LogP contribution in [-0.2, 0) is 25.5 Å². The third-order valence-electron chi connectivity index (χ3n) is 4.21. The summed E-state index contributed by atoms with van der Waals surface area (Å²) in [5.74, 6) is -1.05. The molecule has 0 atom stereocenters. The van der Waals surface area contributed by atoms with Gasteiger partial charge in [0.25, 0.3) is 5.91 Å². The lowest BCUT2D eigenvalue weighted by atomic mass is 10.1. The Morgan fingerprint density at radius 3 is 2.29 bits per heavy atom. The van der Waals surface area contributed by atoms with Crippen LogP contribution in [0.15, 0.2) is 48.5 Å². The summed E-state index contributed by atoms with van der Waals surface area (Å²) in [4.78, 5) is 35.5. The van der Waals surface area contributed by atoms with Gasteiger partial charge in [0.1, 0.15) is 0 Å². The molecule has 0 heterocycles. The van der Waals surface area contributed by atoms with Crippen LogP contribution in [0.2, 0.25) is 0 Å². The third kappa shape index (κ3) is 7.23. The summed E-state index contributed by atoms with van der Waals surface area (Å²) >= 11 is 0. The molecule has 0 bridgehead atoms. The summed E-state index contributed by atoms with van der Waals surface area (Å²) in [5, 5.41) is 5.49. The van der Waals surface area contributed by atoms with Gasteiger partial charge in [0, 0.05) is 24.2 Å². The average Bonchev–Trinajstić information content (AvgIpc) is 2.69. The zero-order valence-electron chi connectivity index (χ0n) is 16.3. The van der Waals surface area contributed by atoms with Crippen LogP contribution in [0, 0.1) is 6.92 Å². The number of benzene rings is 2. The first-order valence-corrected chi connectivity index (χ1v) is 9.38. The molecule has 0 fully saturated rings. The standard InChI is InChI=1S/C22H26N2O4/c1-3-17-11-13-18(14-12-17)23-21(26)15-28-22(27)10-6-9-20(25)24-19-8-5-4-7-16(19)2/h4-5,7-8,11-14H,3,6,9-10,15H2,1-2H3,(H,23,26)(H,24,25). The van der Waals surface area contributed by atoms with Crippen molar-refractivity contribution in [1.29, 1.82) is 0 Å². The lowest BCUT2D eigenvalue weighted by Gasteiger charge is -2.08. The molecule has 28 heavy (non-hydrogen) atoms. The first-order chi connectivity index (χ1) is 13.5. The molecule has 0 saturated heterocycles. The fourth-order valence-electron chi connectivity index (χ4n) is 2.56. The quantitative estimate of drug-likeness (QED) is 0.645. The van der Waals surface area contributed by atoms with Crippen LogP contribution in [0.4, 0.5) is 11.4 Å². The highest BCUT2D eigenvalue weighted by Crippen LogP contribution is 2.14. The second-order valence-electron chi connectivity index (χ2n) is 6.48. The van der Waals surface area contributed by atoms with Crippen LogP contribution < -0.4 is 10.6 Å². The van der Waals surface area contributed by atoms with Gasteiger partial charge in [-0.05, 0) is 49.1 Å². The number of anilines is 2. The fourth-order valence-corrected chi connectivity index (χ4v) is 2.56. The molecular weight excluding hydrogens is 356 g/mol. The molecule has 0 spiro atoms. The zero-order chi connectivity index (χ0) is 20.4. The maximum atomic E-state index is 11.9. The van der Waals surface area contributed by atoms with Crippen LogP contribution >= 0.6 is 0 Å². The predicted octanol–water partition coefficient (Wildman–Crippen LogP) is 3.85. The van der Waals surface area contributed by atoms with Gasteiger partial charge < -0.3 is 15.4 Å². The smallest absolute Gasteiger partial charge is 0.306 e. The number of rotatable bonds is 9. The molecule has 0 aliphatic carbocycles. The van der Waals surface area contributed by atoms with Crippen molar-refractivity contribution in [3.63, 3.8) is 0 Å². The van der Waals surface area contributed by atoms with Crippen molar-refractivity contribution >= 4 is 29.2 Å². The van der Waals surface area contributed by atoms with E-state index >= 15 is 0 Å². The normalized spacial score (nSPS) is 10.2. The van der Waals surface area contributed by atoms with E-state index in [1.165, 1.54) is 5.56 Å². The minimum absolute atomic E-state index is 0.0830. The molecule has 6 nitrogen and oxygen atoms in total. The molecule has 0 unspecified atom stereocenters. The van der Waals surface area contributed by atoms with Gasteiger partial charge in [0.15, 0.2) is 6.61 Å². The number of esters is 1. The van der Waals surface area contributed by atoms with E-state index in [-0.39, 0.29) is 25.4 Å². The highest BCUT2D eigenvalue weighted by atomic mass is 16.5. The predicted molar refractivity (Wildman–Crippen MR) is 109 cm³/mol. The van der Waals surface area contributed by atoms with Crippen molar-refractivity contribution < 1.29 is 19.1 Å². The monoisotopic (exact) mass is 382 g/mol. The average molecular weight is 382 g/mol. The van der Waals surface area contributed by atoms with Crippen LogP contribution in [0.25, 0.3) is 0 Å². The number of carbonyl (C=O) groups is 3. The number of ether oxygens (including phenoxy) is 1. The van der Waals surface area contributed by atoms with E-state index in [1.807, 2.05) is 55.5 Å². The Morgan fingerprint density at radius 2 is 1.61 bits per heavy atom. The van der Waals surface area contributed by atoms with Crippen molar-refractivity contribution in [2.75, 3.05) is 17.2 Å². The minimum Gasteiger partial charge on any atom is -0.456 e. The Hall–Kier alpha value is -3.15. The molecule has 2 N–H and O–H groups in total. The summed E-state index contributed by atoms with van der Waals surface area (Å²) in [6.07, 6.45) is 1.57. The number of amides is 2. The van der Waals surface area contributed by atoms with E-state index < -0.39 is 11.9 Å². The number of carbonyl (C=O) groups excluding carboxylic acids is 3. The second kappa shape index (κ2) is 10.9. The molecule has 2 amide bonds. The molecule has 0 aliphatic heterocycles. The van der Waals surface area contributed by atoms with E-state index in [4.69, 9.17) is 4.74 Å². The maximum Gasteiger partial charge on any atom is 0.306 e. The maximum absolute atomic E-state index is 11.9. The Kier molecular flexibility index (Phi) is 8.21. The first kappa shape index (κ1) is 21.2. The summed E-state index contributed by atoms with van der Waals surface area (Å²) < 4.78 is 4.96. The van der Waals surface area contributed by atoms with Crippen LogP contribution in [-0.4, -0.2) is 24.4 Å². The number of hydrogen-bond acceptors (Lipinski definition) is 4. The molecule has 0 radical (unpaired) electrons. The van der Waals surface area contributed by atoms with Gasteiger partial charge in [-0.1, -0.05) is 37.3 Å². The van der Waals surface area contributed by atoms with Gasteiger partial charge in [-0.25, -0.2) is 0 Å².